The lowest BCUT2D eigenvalue weighted by molar-refractivity contribution is -0.136. The van der Waals surface area contributed by atoms with E-state index < -0.39 is 27.1 Å². The predicted molar refractivity (Wildman–Crippen MR) is 81.7 cm³/mol. The van der Waals surface area contributed by atoms with E-state index >= 15 is 0 Å². The predicted octanol–water partition coefficient (Wildman–Crippen LogP) is 2.87. The molecule has 0 heterocycles. The van der Waals surface area contributed by atoms with Crippen LogP contribution in [0.2, 0.25) is 5.02 Å². The number of carbonyl (C=O) groups excluding carboxylic acids is 1. The van der Waals surface area contributed by atoms with Gasteiger partial charge in [-0.2, -0.15) is 0 Å². The Kier molecular flexibility index (Phi) is 5.08. The van der Waals surface area contributed by atoms with Crippen LogP contribution in [0, 0.1) is 5.82 Å². The van der Waals surface area contributed by atoms with E-state index in [1.54, 1.807) is 6.08 Å². The topological polar surface area (TPSA) is 72.5 Å². The van der Waals surface area contributed by atoms with Gasteiger partial charge in [0.05, 0.1) is 18.4 Å². The summed E-state index contributed by atoms with van der Waals surface area (Å²) in [6.45, 7) is 0. The molecule has 1 atom stereocenters. The minimum absolute atomic E-state index is 0.0793. The summed E-state index contributed by atoms with van der Waals surface area (Å²) < 4.78 is 45.5. The molecule has 0 aromatic heterocycles. The van der Waals surface area contributed by atoms with E-state index in [0.717, 1.165) is 6.07 Å². The van der Waals surface area contributed by atoms with Crippen molar-refractivity contribution in [1.29, 1.82) is 0 Å². The molecule has 0 fully saturated rings. The second-order valence-corrected chi connectivity index (χ2v) is 7.14. The molecule has 1 aliphatic carbocycles. The maximum atomic E-state index is 13.8. The van der Waals surface area contributed by atoms with Gasteiger partial charge in [-0.15, -0.1) is 0 Å². The van der Waals surface area contributed by atoms with Crippen molar-refractivity contribution in [2.24, 2.45) is 0 Å². The van der Waals surface area contributed by atoms with Crippen LogP contribution < -0.4 is 4.72 Å². The largest absolute Gasteiger partial charge is 0.466 e. The number of hydrogen-bond acceptors (Lipinski definition) is 4. The van der Waals surface area contributed by atoms with Crippen molar-refractivity contribution in [2.45, 2.75) is 24.5 Å². The Morgan fingerprint density at radius 1 is 1.45 bits per heavy atom. The van der Waals surface area contributed by atoms with Crippen LogP contribution in [0.4, 0.5) is 10.1 Å². The standard InChI is InChI=1S/C14H15ClFNO4S/c1-21-14(18)10-4-2-3-5-13(10)22(19,20)17-12-7-6-9(15)8-11(12)16/h4,6-8,13,17H,2-3,5H2,1H3. The maximum absolute atomic E-state index is 13.8. The third kappa shape index (κ3) is 3.59. The van der Waals surface area contributed by atoms with Gasteiger partial charge in [-0.25, -0.2) is 17.6 Å². The summed E-state index contributed by atoms with van der Waals surface area (Å²) in [6.07, 6.45) is 3.05. The Bertz CT molecular complexity index is 718. The van der Waals surface area contributed by atoms with E-state index in [2.05, 4.69) is 9.46 Å². The Hall–Kier alpha value is -1.60. The number of allylic oxidation sites excluding steroid dienone is 1. The molecular formula is C14H15ClFNO4S. The van der Waals surface area contributed by atoms with Gasteiger partial charge in [-0.3, -0.25) is 4.72 Å². The molecule has 22 heavy (non-hydrogen) atoms. The highest BCUT2D eigenvalue weighted by Gasteiger charge is 2.35. The van der Waals surface area contributed by atoms with Gasteiger partial charge in [0, 0.05) is 5.02 Å². The van der Waals surface area contributed by atoms with Gasteiger partial charge in [0.1, 0.15) is 11.1 Å². The number of anilines is 1. The number of carbonyl (C=O) groups is 1. The number of halogens is 2. The van der Waals surface area contributed by atoms with E-state index in [-0.39, 0.29) is 22.7 Å². The summed E-state index contributed by atoms with van der Waals surface area (Å²) in [5.74, 6) is -1.47. The van der Waals surface area contributed by atoms with Crippen LogP contribution in [-0.4, -0.2) is 26.7 Å². The molecule has 1 aliphatic rings. The first-order valence-corrected chi connectivity index (χ1v) is 8.52. The van der Waals surface area contributed by atoms with Crippen molar-refractivity contribution in [3.63, 3.8) is 0 Å². The second-order valence-electron chi connectivity index (χ2n) is 4.84. The average Bonchev–Trinajstić information content (AvgIpc) is 2.49. The Balaban J connectivity index is 2.31. The molecule has 2 rings (SSSR count). The molecule has 1 aromatic rings. The van der Waals surface area contributed by atoms with E-state index in [0.29, 0.717) is 12.8 Å². The third-order valence-corrected chi connectivity index (χ3v) is 5.34. The van der Waals surface area contributed by atoms with Crippen LogP contribution in [-0.2, 0) is 19.6 Å². The molecule has 0 saturated carbocycles. The van der Waals surface area contributed by atoms with Gasteiger partial charge in [-0.1, -0.05) is 17.7 Å². The average molecular weight is 348 g/mol. The van der Waals surface area contributed by atoms with Crippen LogP contribution in [0.1, 0.15) is 19.3 Å². The smallest absolute Gasteiger partial charge is 0.334 e. The first-order valence-electron chi connectivity index (χ1n) is 6.60. The molecule has 5 nitrogen and oxygen atoms in total. The van der Waals surface area contributed by atoms with Gasteiger partial charge < -0.3 is 4.74 Å². The molecule has 0 bridgehead atoms. The maximum Gasteiger partial charge on any atom is 0.334 e. The molecule has 0 radical (unpaired) electrons. The summed E-state index contributed by atoms with van der Waals surface area (Å²) in [4.78, 5) is 11.7. The number of ether oxygens (including phenoxy) is 1. The van der Waals surface area contributed by atoms with Gasteiger partial charge in [0.15, 0.2) is 0 Å². The molecule has 0 aliphatic heterocycles. The fraction of sp³-hybridized carbons (Fsp3) is 0.357. The van der Waals surface area contributed by atoms with E-state index in [4.69, 9.17) is 11.6 Å². The first kappa shape index (κ1) is 16.8. The fourth-order valence-electron chi connectivity index (χ4n) is 2.30. The van der Waals surface area contributed by atoms with Crippen LogP contribution in [0.15, 0.2) is 29.8 Å². The van der Waals surface area contributed by atoms with Crippen LogP contribution in [0.25, 0.3) is 0 Å². The number of esters is 1. The Labute approximate surface area is 133 Å². The van der Waals surface area contributed by atoms with Crippen molar-refractivity contribution in [3.05, 3.63) is 40.7 Å². The van der Waals surface area contributed by atoms with Gasteiger partial charge in [0.25, 0.3) is 0 Å². The highest BCUT2D eigenvalue weighted by molar-refractivity contribution is 7.93. The number of benzene rings is 1. The number of methoxy groups -OCH3 is 1. The number of hydrogen-bond donors (Lipinski definition) is 1. The molecule has 0 spiro atoms. The van der Waals surface area contributed by atoms with E-state index in [1.165, 1.54) is 19.2 Å². The zero-order valence-electron chi connectivity index (χ0n) is 11.8. The van der Waals surface area contributed by atoms with Crippen molar-refractivity contribution in [2.75, 3.05) is 11.8 Å². The lowest BCUT2D eigenvalue weighted by Crippen LogP contribution is -2.34. The number of rotatable bonds is 4. The normalized spacial score (nSPS) is 18.5. The molecule has 8 heteroatoms. The lowest BCUT2D eigenvalue weighted by Gasteiger charge is -2.23. The minimum Gasteiger partial charge on any atom is -0.466 e. The monoisotopic (exact) mass is 347 g/mol. The summed E-state index contributed by atoms with van der Waals surface area (Å²) in [5, 5.41) is -0.906. The van der Waals surface area contributed by atoms with Crippen molar-refractivity contribution in [3.8, 4) is 0 Å². The first-order chi connectivity index (χ1) is 10.3. The van der Waals surface area contributed by atoms with Crippen molar-refractivity contribution < 1.29 is 22.3 Å². The van der Waals surface area contributed by atoms with Crippen LogP contribution in [0.3, 0.4) is 0 Å². The zero-order valence-corrected chi connectivity index (χ0v) is 13.4. The Morgan fingerprint density at radius 2 is 2.18 bits per heavy atom. The molecule has 0 amide bonds. The molecule has 1 aromatic carbocycles. The zero-order chi connectivity index (χ0) is 16.3. The van der Waals surface area contributed by atoms with E-state index in [1.807, 2.05) is 0 Å². The van der Waals surface area contributed by atoms with Gasteiger partial charge >= 0.3 is 5.97 Å². The van der Waals surface area contributed by atoms with Crippen LogP contribution in [0.5, 0.6) is 0 Å². The minimum atomic E-state index is -3.98. The van der Waals surface area contributed by atoms with Crippen molar-refractivity contribution >= 4 is 33.3 Å². The highest BCUT2D eigenvalue weighted by atomic mass is 35.5. The third-order valence-electron chi connectivity index (χ3n) is 3.36. The SMILES string of the molecule is COC(=O)C1=CCCCC1S(=O)(=O)Nc1ccc(Cl)cc1F. The summed E-state index contributed by atoms with van der Waals surface area (Å²) in [6, 6.07) is 3.62. The fourth-order valence-corrected chi connectivity index (χ4v) is 4.08. The van der Waals surface area contributed by atoms with Crippen LogP contribution >= 0.6 is 11.6 Å². The Morgan fingerprint density at radius 3 is 2.82 bits per heavy atom. The molecule has 1 N–H and O–H groups in total. The van der Waals surface area contributed by atoms with E-state index in [9.17, 15) is 17.6 Å². The molecule has 120 valence electrons. The van der Waals surface area contributed by atoms with Crippen molar-refractivity contribution in [1.82, 2.24) is 0 Å². The molecule has 1 unspecified atom stereocenters. The quantitative estimate of drug-likeness (QED) is 0.850. The van der Waals surface area contributed by atoms with Gasteiger partial charge in [-0.05, 0) is 37.5 Å². The summed E-state index contributed by atoms with van der Waals surface area (Å²) in [5.41, 5.74) is -0.130. The van der Waals surface area contributed by atoms with Gasteiger partial charge in [0.2, 0.25) is 10.0 Å². The lowest BCUT2D eigenvalue weighted by atomic mass is 9.99. The second kappa shape index (κ2) is 6.66. The summed E-state index contributed by atoms with van der Waals surface area (Å²) in [7, 11) is -2.79. The molecular weight excluding hydrogens is 333 g/mol. The number of nitrogens with one attached hydrogen (secondary N) is 1. The highest BCUT2D eigenvalue weighted by Crippen LogP contribution is 2.28. The number of sulfonamides is 1. The summed E-state index contributed by atoms with van der Waals surface area (Å²) >= 11 is 5.63. The molecule has 0 saturated heterocycles.